The van der Waals surface area contributed by atoms with Crippen LogP contribution in [0.25, 0.3) is 87.2 Å². The zero-order valence-corrected chi connectivity index (χ0v) is 39.8. The maximum Gasteiger partial charge on any atom is 0.0618 e. The van der Waals surface area contributed by atoms with Crippen LogP contribution >= 0.6 is 0 Å². The van der Waals surface area contributed by atoms with Crippen LogP contribution in [-0.4, -0.2) is 0 Å². The van der Waals surface area contributed by atoms with E-state index in [1.807, 2.05) is 0 Å². The van der Waals surface area contributed by atoms with Crippen molar-refractivity contribution in [3.05, 3.63) is 210 Å². The molecule has 0 aliphatic rings. The van der Waals surface area contributed by atoms with Crippen molar-refractivity contribution in [2.45, 2.75) is 73.1 Å². The quantitative estimate of drug-likeness (QED) is 0.119. The third-order valence-electron chi connectivity index (χ3n) is 14.1. The Hall–Kier alpha value is -7.22. The van der Waals surface area contributed by atoms with E-state index in [4.69, 9.17) is 0 Å². The largest absolute Gasteiger partial charge is 0.309 e. The number of aryl methyl sites for hydroxylation is 3. The third-order valence-corrected chi connectivity index (χ3v) is 14.1. The summed E-state index contributed by atoms with van der Waals surface area (Å²) in [7, 11) is 0. The fourth-order valence-electron chi connectivity index (χ4n) is 10.4. The maximum absolute atomic E-state index is 2.46. The minimum Gasteiger partial charge on any atom is -0.309 e. The first-order valence-corrected chi connectivity index (χ1v) is 23.6. The molecule has 0 aromatic heterocycles. The van der Waals surface area contributed by atoms with E-state index >= 15 is 0 Å². The molecule has 0 saturated heterocycles. The highest BCUT2D eigenvalue weighted by Gasteiger charge is 2.25. The van der Waals surface area contributed by atoms with Crippen molar-refractivity contribution in [2.75, 3.05) is 4.90 Å². The van der Waals surface area contributed by atoms with Crippen molar-refractivity contribution in [1.29, 1.82) is 0 Å². The monoisotopic (exact) mass is 851 g/mol. The summed E-state index contributed by atoms with van der Waals surface area (Å²) >= 11 is 0. The predicted octanol–water partition coefficient (Wildman–Crippen LogP) is 18.9. The standard InChI is InChI=1S/C65H57N/c1-40-18-28-51(29-19-40)66(52-30-20-41(2)21-31-52)63-57-16-12-10-14-54(57)61(55-15-11-13-17-58(55)63)48-35-47(38-50(39-48)65(7,8)9)43-22-24-44(25-23-43)59-34-42(3)53-32-26-45-36-49(64(4,5)6)37-46-27-33-56(59)62(53)60(45)46/h10-39H,1-9H3. The summed E-state index contributed by atoms with van der Waals surface area (Å²) in [6, 6.07) is 69.2. The maximum atomic E-state index is 2.46. The number of benzene rings is 11. The second-order valence-electron chi connectivity index (χ2n) is 20.8. The Labute approximate surface area is 390 Å². The normalized spacial score (nSPS) is 12.3. The van der Waals surface area contributed by atoms with E-state index in [-0.39, 0.29) is 10.8 Å². The number of fused-ring (bicyclic) bond motifs is 2. The molecule has 0 amide bonds. The molecule has 0 aliphatic carbocycles. The molecule has 0 N–H and O–H groups in total. The van der Waals surface area contributed by atoms with Gasteiger partial charge in [0.05, 0.1) is 5.69 Å². The molecule has 11 aromatic carbocycles. The van der Waals surface area contributed by atoms with E-state index in [1.165, 1.54) is 121 Å². The Kier molecular flexibility index (Phi) is 9.71. The summed E-state index contributed by atoms with van der Waals surface area (Å²) in [6.45, 7) is 20.5. The fourth-order valence-corrected chi connectivity index (χ4v) is 10.4. The van der Waals surface area contributed by atoms with Crippen LogP contribution in [0, 0.1) is 20.8 Å². The molecule has 1 heteroatoms. The summed E-state index contributed by atoms with van der Waals surface area (Å²) in [5.74, 6) is 0. The first kappa shape index (κ1) is 41.5. The van der Waals surface area contributed by atoms with Crippen LogP contribution in [0.15, 0.2) is 182 Å². The minimum absolute atomic E-state index is 0.0726. The molecule has 0 bridgehead atoms. The Morgan fingerprint density at radius 2 is 0.818 bits per heavy atom. The van der Waals surface area contributed by atoms with E-state index in [2.05, 4.69) is 249 Å². The smallest absolute Gasteiger partial charge is 0.0618 e. The molecular formula is C65H57N. The Morgan fingerprint density at radius 3 is 1.35 bits per heavy atom. The molecule has 0 heterocycles. The van der Waals surface area contributed by atoms with Gasteiger partial charge in [0.15, 0.2) is 0 Å². The second-order valence-corrected chi connectivity index (χ2v) is 20.8. The molecule has 0 unspecified atom stereocenters. The van der Waals surface area contributed by atoms with E-state index in [1.54, 1.807) is 0 Å². The second kappa shape index (κ2) is 15.5. The highest BCUT2D eigenvalue weighted by Crippen LogP contribution is 2.49. The van der Waals surface area contributed by atoms with Crippen molar-refractivity contribution in [1.82, 2.24) is 0 Å². The lowest BCUT2D eigenvalue weighted by Crippen LogP contribution is -2.12. The van der Waals surface area contributed by atoms with Gasteiger partial charge in [-0.1, -0.05) is 204 Å². The molecule has 66 heavy (non-hydrogen) atoms. The van der Waals surface area contributed by atoms with Gasteiger partial charge in [0, 0.05) is 22.1 Å². The fraction of sp³-hybridized carbons (Fsp3) is 0.169. The average molecular weight is 852 g/mol. The highest BCUT2D eigenvalue weighted by molar-refractivity contribution is 6.26. The van der Waals surface area contributed by atoms with Crippen LogP contribution in [0.4, 0.5) is 17.1 Å². The van der Waals surface area contributed by atoms with E-state index < -0.39 is 0 Å². The van der Waals surface area contributed by atoms with Crippen LogP contribution < -0.4 is 4.90 Å². The van der Waals surface area contributed by atoms with Crippen molar-refractivity contribution >= 4 is 70.9 Å². The van der Waals surface area contributed by atoms with Gasteiger partial charge >= 0.3 is 0 Å². The van der Waals surface area contributed by atoms with Gasteiger partial charge in [-0.3, -0.25) is 0 Å². The van der Waals surface area contributed by atoms with E-state index in [0.717, 1.165) is 11.4 Å². The molecule has 11 aromatic rings. The number of rotatable bonds is 6. The lowest BCUT2D eigenvalue weighted by molar-refractivity contribution is 0.590. The number of hydrogen-bond donors (Lipinski definition) is 0. The number of anilines is 3. The Morgan fingerprint density at radius 1 is 0.348 bits per heavy atom. The van der Waals surface area contributed by atoms with E-state index in [0.29, 0.717) is 0 Å². The first-order chi connectivity index (χ1) is 31.7. The zero-order chi connectivity index (χ0) is 45.6. The van der Waals surface area contributed by atoms with Crippen LogP contribution in [0.2, 0.25) is 0 Å². The molecule has 0 spiro atoms. The highest BCUT2D eigenvalue weighted by atomic mass is 15.1. The van der Waals surface area contributed by atoms with Gasteiger partial charge in [-0.2, -0.15) is 0 Å². The van der Waals surface area contributed by atoms with Gasteiger partial charge in [0.25, 0.3) is 0 Å². The van der Waals surface area contributed by atoms with Gasteiger partial charge < -0.3 is 4.90 Å². The molecule has 0 saturated carbocycles. The van der Waals surface area contributed by atoms with Gasteiger partial charge in [-0.25, -0.2) is 0 Å². The van der Waals surface area contributed by atoms with Gasteiger partial charge in [0.2, 0.25) is 0 Å². The molecule has 0 fully saturated rings. The lowest BCUT2D eigenvalue weighted by Gasteiger charge is -2.30. The average Bonchev–Trinajstić information content (AvgIpc) is 3.31. The molecule has 0 atom stereocenters. The van der Waals surface area contributed by atoms with Crippen LogP contribution in [-0.2, 0) is 10.8 Å². The first-order valence-electron chi connectivity index (χ1n) is 23.6. The molecule has 11 rings (SSSR count). The number of nitrogens with zero attached hydrogens (tertiary/aromatic N) is 1. The topological polar surface area (TPSA) is 3.24 Å². The van der Waals surface area contributed by atoms with Crippen LogP contribution in [0.1, 0.15) is 69.4 Å². The lowest BCUT2D eigenvalue weighted by atomic mass is 9.81. The van der Waals surface area contributed by atoms with Crippen molar-refractivity contribution in [3.63, 3.8) is 0 Å². The zero-order valence-electron chi connectivity index (χ0n) is 39.8. The SMILES string of the molecule is Cc1ccc(N(c2ccc(C)cc2)c2c3ccccc3c(-c3cc(-c4ccc(-c5cc(C)c6ccc7cc(C(C)(C)C)cc8ccc5c6c78)cc4)cc(C(C)(C)C)c3)c3ccccc23)cc1. The molecule has 0 aliphatic heterocycles. The summed E-state index contributed by atoms with van der Waals surface area (Å²) in [5.41, 5.74) is 17.4. The molecule has 0 radical (unpaired) electrons. The summed E-state index contributed by atoms with van der Waals surface area (Å²) in [4.78, 5) is 2.46. The molecular weight excluding hydrogens is 795 g/mol. The minimum atomic E-state index is -0.0726. The van der Waals surface area contributed by atoms with Crippen molar-refractivity contribution in [2.24, 2.45) is 0 Å². The van der Waals surface area contributed by atoms with Crippen molar-refractivity contribution in [3.8, 4) is 33.4 Å². The summed E-state index contributed by atoms with van der Waals surface area (Å²) in [6.07, 6.45) is 0. The van der Waals surface area contributed by atoms with Crippen LogP contribution in [0.3, 0.4) is 0 Å². The predicted molar refractivity (Wildman–Crippen MR) is 288 cm³/mol. The summed E-state index contributed by atoms with van der Waals surface area (Å²) < 4.78 is 0. The Bertz CT molecular complexity index is 3530. The van der Waals surface area contributed by atoms with Gasteiger partial charge in [-0.05, 0) is 155 Å². The van der Waals surface area contributed by atoms with Crippen LogP contribution in [0.5, 0.6) is 0 Å². The number of hydrogen-bond acceptors (Lipinski definition) is 1. The van der Waals surface area contributed by atoms with Gasteiger partial charge in [-0.15, -0.1) is 0 Å². The van der Waals surface area contributed by atoms with Crippen molar-refractivity contribution < 1.29 is 0 Å². The Balaban J connectivity index is 1.08. The molecule has 1 nitrogen and oxygen atoms in total. The van der Waals surface area contributed by atoms with E-state index in [9.17, 15) is 0 Å². The summed E-state index contributed by atoms with van der Waals surface area (Å²) in [5, 5.41) is 13.0. The van der Waals surface area contributed by atoms with Gasteiger partial charge in [0.1, 0.15) is 0 Å². The third kappa shape index (κ3) is 7.01. The molecule has 322 valence electrons.